The summed E-state index contributed by atoms with van der Waals surface area (Å²) in [5.74, 6) is 1.41. The van der Waals surface area contributed by atoms with Gasteiger partial charge in [0.1, 0.15) is 28.2 Å². The molecule has 212 valence electrons. The third kappa shape index (κ3) is 5.55. The minimum absolute atomic E-state index is 0.188. The molecule has 0 bridgehead atoms. The summed E-state index contributed by atoms with van der Waals surface area (Å²) >= 11 is 0. The molecular formula is C32H36N6O3. The van der Waals surface area contributed by atoms with Gasteiger partial charge in [-0.25, -0.2) is 9.78 Å². The Labute approximate surface area is 239 Å². The summed E-state index contributed by atoms with van der Waals surface area (Å²) in [6.07, 6.45) is 3.48. The first-order valence-corrected chi connectivity index (χ1v) is 13.9. The highest BCUT2D eigenvalue weighted by molar-refractivity contribution is 5.87. The second kappa shape index (κ2) is 10.8. The molecule has 9 nitrogen and oxygen atoms in total. The molecule has 4 aromatic rings. The highest BCUT2D eigenvalue weighted by atomic mass is 16.5. The zero-order valence-electron chi connectivity index (χ0n) is 24.0. The second-order valence-corrected chi connectivity index (χ2v) is 12.2. The van der Waals surface area contributed by atoms with Crippen molar-refractivity contribution >= 4 is 22.8 Å². The van der Waals surface area contributed by atoms with Gasteiger partial charge in [-0.2, -0.15) is 5.26 Å². The lowest BCUT2D eigenvalue weighted by atomic mass is 9.75. The molecule has 2 N–H and O–H groups in total. The Morgan fingerprint density at radius 1 is 1.07 bits per heavy atom. The number of nitriles is 1. The van der Waals surface area contributed by atoms with Gasteiger partial charge in [-0.15, -0.1) is 0 Å². The average molecular weight is 553 g/mol. The van der Waals surface area contributed by atoms with Crippen LogP contribution in [0.25, 0.3) is 16.7 Å². The third-order valence-corrected chi connectivity index (χ3v) is 7.54. The fourth-order valence-corrected chi connectivity index (χ4v) is 5.99. The summed E-state index contributed by atoms with van der Waals surface area (Å²) < 4.78 is 9.23. The summed E-state index contributed by atoms with van der Waals surface area (Å²) in [5.41, 5.74) is 6.56. The minimum atomic E-state index is -1.14. The largest absolute Gasteiger partial charge is 0.457 e. The lowest BCUT2D eigenvalue weighted by Gasteiger charge is -2.38. The van der Waals surface area contributed by atoms with Gasteiger partial charge >= 0.3 is 5.69 Å². The van der Waals surface area contributed by atoms with E-state index in [1.54, 1.807) is 33.2 Å². The Bertz CT molecular complexity index is 1660. The molecule has 0 radical (unpaired) electrons. The Morgan fingerprint density at radius 3 is 2.41 bits per heavy atom. The molecule has 1 aliphatic heterocycles. The number of likely N-dealkylation sites (tertiary alicyclic amines) is 1. The molecule has 0 spiro atoms. The van der Waals surface area contributed by atoms with E-state index >= 15 is 0 Å². The number of pyridine rings is 1. The number of nitrogen functional groups attached to an aromatic ring is 1. The van der Waals surface area contributed by atoms with Crippen molar-refractivity contribution < 1.29 is 9.53 Å². The Kier molecular flexibility index (Phi) is 7.35. The van der Waals surface area contributed by atoms with Crippen LogP contribution in [-0.4, -0.2) is 38.0 Å². The fraction of sp³-hybridized carbons (Fsp3) is 0.375. The molecule has 0 saturated carbocycles. The fourth-order valence-electron chi connectivity index (χ4n) is 5.99. The number of aromatic nitrogens is 3. The zero-order valence-corrected chi connectivity index (χ0v) is 24.0. The molecule has 5 rings (SSSR count). The smallest absolute Gasteiger partial charge is 0.334 e. The number of carbonyl (C=O) groups is 1. The maximum Gasteiger partial charge on any atom is 0.334 e. The van der Waals surface area contributed by atoms with E-state index in [2.05, 4.69) is 11.1 Å². The molecule has 2 aromatic carbocycles. The molecule has 1 saturated heterocycles. The van der Waals surface area contributed by atoms with Gasteiger partial charge in [0.2, 0.25) is 5.91 Å². The molecule has 1 amide bonds. The number of anilines is 1. The number of benzene rings is 2. The van der Waals surface area contributed by atoms with E-state index in [1.807, 2.05) is 75.4 Å². The first-order valence-electron chi connectivity index (χ1n) is 13.9. The minimum Gasteiger partial charge on any atom is -0.457 e. The number of carbonyl (C=O) groups excluding carboxylic acids is 1. The summed E-state index contributed by atoms with van der Waals surface area (Å²) in [6.45, 7) is 8.70. The third-order valence-electron chi connectivity index (χ3n) is 7.54. The van der Waals surface area contributed by atoms with Crippen LogP contribution in [0.5, 0.6) is 11.5 Å². The van der Waals surface area contributed by atoms with Gasteiger partial charge in [-0.05, 0) is 74.1 Å². The second-order valence-electron chi connectivity index (χ2n) is 12.2. The summed E-state index contributed by atoms with van der Waals surface area (Å²) in [4.78, 5) is 33.8. The standard InChI is InChI=1S/C32H36N6O3/c1-31(2,3)20-32(4,21-33)29(39)36-18-8-9-23(19-36)37-26-16-17-35-28(34)27(26)38(30(37)40)22-12-14-25(15-13-22)41-24-10-6-5-7-11-24/h5-7,10-17,23H,8-9,18-20H2,1-4H3,(H2,34,35)/t23-,32?/m1/s1. The van der Waals surface area contributed by atoms with Crippen molar-refractivity contribution in [3.8, 4) is 23.3 Å². The first kappa shape index (κ1) is 28.0. The van der Waals surface area contributed by atoms with E-state index in [9.17, 15) is 14.9 Å². The van der Waals surface area contributed by atoms with Crippen molar-refractivity contribution in [1.82, 2.24) is 19.0 Å². The van der Waals surface area contributed by atoms with Gasteiger partial charge in [-0.3, -0.25) is 13.9 Å². The first-order chi connectivity index (χ1) is 19.5. The molecule has 1 unspecified atom stereocenters. The predicted molar refractivity (Wildman–Crippen MR) is 159 cm³/mol. The molecule has 2 aromatic heterocycles. The van der Waals surface area contributed by atoms with Crippen LogP contribution < -0.4 is 16.2 Å². The van der Waals surface area contributed by atoms with Gasteiger partial charge < -0.3 is 15.4 Å². The van der Waals surface area contributed by atoms with E-state index < -0.39 is 5.41 Å². The van der Waals surface area contributed by atoms with Crippen LogP contribution in [-0.2, 0) is 4.79 Å². The highest BCUT2D eigenvalue weighted by Gasteiger charge is 2.42. The highest BCUT2D eigenvalue weighted by Crippen LogP contribution is 2.37. The Morgan fingerprint density at radius 2 is 1.76 bits per heavy atom. The number of hydrogen-bond donors (Lipinski definition) is 1. The van der Waals surface area contributed by atoms with Crippen molar-refractivity contribution in [2.45, 2.75) is 53.0 Å². The molecular weight excluding hydrogens is 516 g/mol. The van der Waals surface area contributed by atoms with Crippen molar-refractivity contribution in [2.24, 2.45) is 10.8 Å². The summed E-state index contributed by atoms with van der Waals surface area (Å²) in [5, 5.41) is 9.99. The van der Waals surface area contributed by atoms with E-state index in [4.69, 9.17) is 10.5 Å². The number of nitrogens with two attached hydrogens (primary N) is 1. The monoisotopic (exact) mass is 552 g/mol. The number of nitrogens with zero attached hydrogens (tertiary/aromatic N) is 5. The Hall–Kier alpha value is -4.58. The van der Waals surface area contributed by atoms with Crippen molar-refractivity contribution in [3.63, 3.8) is 0 Å². The molecule has 41 heavy (non-hydrogen) atoms. The van der Waals surface area contributed by atoms with Gasteiger partial charge in [0.25, 0.3) is 0 Å². The van der Waals surface area contributed by atoms with Crippen LogP contribution >= 0.6 is 0 Å². The average Bonchev–Trinajstić information content (AvgIpc) is 3.25. The van der Waals surface area contributed by atoms with Crippen LogP contribution in [0.2, 0.25) is 0 Å². The van der Waals surface area contributed by atoms with E-state index in [0.717, 1.165) is 12.8 Å². The number of piperidine rings is 1. The molecule has 9 heteroatoms. The van der Waals surface area contributed by atoms with Crippen molar-refractivity contribution in [2.75, 3.05) is 18.8 Å². The van der Waals surface area contributed by atoms with E-state index in [1.165, 1.54) is 0 Å². The van der Waals surface area contributed by atoms with Crippen LogP contribution in [0.3, 0.4) is 0 Å². The van der Waals surface area contributed by atoms with Crippen LogP contribution in [0.15, 0.2) is 71.7 Å². The lowest BCUT2D eigenvalue weighted by molar-refractivity contribution is -0.141. The maximum atomic E-state index is 14.1. The summed E-state index contributed by atoms with van der Waals surface area (Å²) in [6, 6.07) is 20.5. The van der Waals surface area contributed by atoms with Crippen molar-refractivity contribution in [1.29, 1.82) is 5.26 Å². The number of amides is 1. The number of ether oxygens (including phenoxy) is 1. The van der Waals surface area contributed by atoms with E-state index in [0.29, 0.717) is 47.7 Å². The molecule has 1 fully saturated rings. The van der Waals surface area contributed by atoms with Crippen LogP contribution in [0, 0.1) is 22.2 Å². The number of para-hydroxylation sites is 1. The van der Waals surface area contributed by atoms with Crippen LogP contribution in [0.1, 0.15) is 53.0 Å². The maximum absolute atomic E-state index is 14.1. The van der Waals surface area contributed by atoms with Gasteiger partial charge in [0.05, 0.1) is 23.3 Å². The van der Waals surface area contributed by atoms with Gasteiger partial charge in [0.15, 0.2) is 0 Å². The quantitative estimate of drug-likeness (QED) is 0.328. The zero-order chi connectivity index (χ0) is 29.4. The van der Waals surface area contributed by atoms with Gasteiger partial charge in [-0.1, -0.05) is 39.0 Å². The molecule has 1 aliphatic rings. The SMILES string of the molecule is CC(C)(C)CC(C)(C#N)C(=O)N1CCC[C@@H](n2c(=O)n(-c3ccc(Oc4ccccc4)cc3)c3c(N)nccc32)C1. The molecule has 3 heterocycles. The molecule has 2 atom stereocenters. The predicted octanol–water partition coefficient (Wildman–Crippen LogP) is 5.69. The van der Waals surface area contributed by atoms with E-state index in [-0.39, 0.29) is 28.9 Å². The topological polar surface area (TPSA) is 119 Å². The number of hydrogen-bond acceptors (Lipinski definition) is 6. The summed E-state index contributed by atoms with van der Waals surface area (Å²) in [7, 11) is 0. The molecule has 0 aliphatic carbocycles. The Balaban J connectivity index is 1.50. The lowest BCUT2D eigenvalue weighted by Crippen LogP contribution is -2.49. The van der Waals surface area contributed by atoms with Crippen molar-refractivity contribution in [3.05, 3.63) is 77.3 Å². The number of fused-ring (bicyclic) bond motifs is 1. The number of rotatable bonds is 6. The van der Waals surface area contributed by atoms with Gasteiger partial charge in [0, 0.05) is 19.3 Å². The normalized spacial score (nSPS) is 17.1. The number of imidazole rings is 1. The van der Waals surface area contributed by atoms with Crippen LogP contribution in [0.4, 0.5) is 5.82 Å².